The van der Waals surface area contributed by atoms with Crippen LogP contribution in [0.5, 0.6) is 0 Å². The maximum atomic E-state index is 4.12. The van der Waals surface area contributed by atoms with Crippen molar-refractivity contribution in [3.63, 3.8) is 0 Å². The standard InChI is InChI=1S/C8H14N2S/c1-6-5-8(2,3)10-7(9-4)11-6/h5H,1-4H3,(H,9,10). The smallest absolute Gasteiger partial charge is 0.161 e. The minimum absolute atomic E-state index is 0.0597. The number of thioether (sulfide) groups is 1. The summed E-state index contributed by atoms with van der Waals surface area (Å²) in [7, 11) is 1.81. The second kappa shape index (κ2) is 2.89. The summed E-state index contributed by atoms with van der Waals surface area (Å²) in [5.41, 5.74) is 0.0597. The zero-order chi connectivity index (χ0) is 8.48. The first-order chi connectivity index (χ1) is 5.03. The number of nitrogens with zero attached hydrogens (tertiary/aromatic N) is 1. The predicted molar refractivity (Wildman–Crippen MR) is 51.9 cm³/mol. The third-order valence-electron chi connectivity index (χ3n) is 1.45. The summed E-state index contributed by atoms with van der Waals surface area (Å²) >= 11 is 1.69. The van der Waals surface area contributed by atoms with E-state index in [1.54, 1.807) is 11.8 Å². The molecule has 0 unspecified atom stereocenters. The summed E-state index contributed by atoms with van der Waals surface area (Å²) in [6.45, 7) is 6.39. The van der Waals surface area contributed by atoms with Gasteiger partial charge in [0.1, 0.15) is 0 Å². The minimum Gasteiger partial charge on any atom is -0.356 e. The third-order valence-corrected chi connectivity index (χ3v) is 2.37. The zero-order valence-electron chi connectivity index (χ0n) is 7.43. The van der Waals surface area contributed by atoms with E-state index in [1.165, 1.54) is 4.91 Å². The van der Waals surface area contributed by atoms with Crippen molar-refractivity contribution >= 4 is 16.9 Å². The average Bonchev–Trinajstić information content (AvgIpc) is 1.83. The molecule has 11 heavy (non-hydrogen) atoms. The number of rotatable bonds is 0. The molecule has 0 saturated heterocycles. The van der Waals surface area contributed by atoms with Gasteiger partial charge in [0.15, 0.2) is 5.17 Å². The van der Waals surface area contributed by atoms with E-state index in [0.717, 1.165) is 5.17 Å². The van der Waals surface area contributed by atoms with Crippen LogP contribution in [0.1, 0.15) is 20.8 Å². The first-order valence-corrected chi connectivity index (χ1v) is 4.47. The topological polar surface area (TPSA) is 24.4 Å². The lowest BCUT2D eigenvalue weighted by Crippen LogP contribution is -2.42. The highest BCUT2D eigenvalue weighted by atomic mass is 32.2. The fourth-order valence-corrected chi connectivity index (χ4v) is 2.19. The Morgan fingerprint density at radius 2 is 2.18 bits per heavy atom. The van der Waals surface area contributed by atoms with E-state index in [2.05, 4.69) is 37.2 Å². The Hall–Kier alpha value is -0.440. The van der Waals surface area contributed by atoms with Gasteiger partial charge in [-0.25, -0.2) is 0 Å². The van der Waals surface area contributed by atoms with Crippen molar-refractivity contribution in [3.8, 4) is 0 Å². The van der Waals surface area contributed by atoms with Crippen molar-refractivity contribution in [1.82, 2.24) is 5.32 Å². The minimum atomic E-state index is 0.0597. The Kier molecular flexibility index (Phi) is 2.28. The van der Waals surface area contributed by atoms with Crippen LogP contribution in [0, 0.1) is 0 Å². The SMILES string of the molecule is CN=C1NC(C)(C)C=C(C)S1. The number of allylic oxidation sites excluding steroid dienone is 1. The molecule has 1 aliphatic rings. The summed E-state index contributed by atoms with van der Waals surface area (Å²) in [6, 6.07) is 0. The van der Waals surface area contributed by atoms with E-state index in [1.807, 2.05) is 7.05 Å². The molecule has 0 aromatic heterocycles. The molecule has 0 aromatic carbocycles. The molecule has 1 aliphatic heterocycles. The van der Waals surface area contributed by atoms with E-state index in [9.17, 15) is 0 Å². The number of amidine groups is 1. The van der Waals surface area contributed by atoms with Crippen LogP contribution in [0.2, 0.25) is 0 Å². The molecule has 0 aliphatic carbocycles. The summed E-state index contributed by atoms with van der Waals surface area (Å²) in [5, 5.41) is 4.32. The molecule has 1 rings (SSSR count). The van der Waals surface area contributed by atoms with Gasteiger partial charge in [0.2, 0.25) is 0 Å². The van der Waals surface area contributed by atoms with Crippen molar-refractivity contribution in [3.05, 3.63) is 11.0 Å². The highest BCUT2D eigenvalue weighted by Crippen LogP contribution is 2.25. The summed E-state index contributed by atoms with van der Waals surface area (Å²) in [6.07, 6.45) is 2.21. The third kappa shape index (κ3) is 2.26. The van der Waals surface area contributed by atoms with Crippen LogP contribution in [-0.2, 0) is 0 Å². The first-order valence-electron chi connectivity index (χ1n) is 3.66. The molecular weight excluding hydrogens is 156 g/mol. The molecule has 1 N–H and O–H groups in total. The second-order valence-corrected chi connectivity index (χ2v) is 4.47. The molecule has 0 aromatic rings. The van der Waals surface area contributed by atoms with Crippen LogP contribution >= 0.6 is 11.8 Å². The Labute approximate surface area is 72.2 Å². The Morgan fingerprint density at radius 1 is 1.55 bits per heavy atom. The molecule has 1 heterocycles. The Bertz CT molecular complexity index is 216. The molecule has 2 nitrogen and oxygen atoms in total. The maximum absolute atomic E-state index is 4.12. The number of nitrogens with one attached hydrogen (secondary N) is 1. The van der Waals surface area contributed by atoms with Crippen LogP contribution < -0.4 is 5.32 Å². The van der Waals surface area contributed by atoms with Gasteiger partial charge >= 0.3 is 0 Å². The van der Waals surface area contributed by atoms with Gasteiger partial charge in [-0.15, -0.1) is 0 Å². The lowest BCUT2D eigenvalue weighted by Gasteiger charge is -2.29. The zero-order valence-corrected chi connectivity index (χ0v) is 8.25. The van der Waals surface area contributed by atoms with Gasteiger partial charge < -0.3 is 5.32 Å². The Balaban J connectivity index is 2.86. The Morgan fingerprint density at radius 3 is 2.64 bits per heavy atom. The first kappa shape index (κ1) is 8.65. The molecule has 62 valence electrons. The van der Waals surface area contributed by atoms with Gasteiger partial charge in [-0.1, -0.05) is 17.8 Å². The van der Waals surface area contributed by atoms with Crippen LogP contribution in [0.25, 0.3) is 0 Å². The summed E-state index contributed by atoms with van der Waals surface area (Å²) in [4.78, 5) is 5.44. The molecule has 0 fully saturated rings. The van der Waals surface area contributed by atoms with Gasteiger partial charge in [-0.2, -0.15) is 0 Å². The molecular formula is C8H14N2S. The molecule has 0 saturated carbocycles. The average molecular weight is 170 g/mol. The number of hydrogen-bond donors (Lipinski definition) is 1. The van der Waals surface area contributed by atoms with Crippen molar-refractivity contribution in [2.45, 2.75) is 26.3 Å². The van der Waals surface area contributed by atoms with E-state index < -0.39 is 0 Å². The lowest BCUT2D eigenvalue weighted by atomic mass is 10.1. The van der Waals surface area contributed by atoms with Crippen molar-refractivity contribution < 1.29 is 0 Å². The highest BCUT2D eigenvalue weighted by molar-refractivity contribution is 8.17. The molecule has 0 spiro atoms. The fraction of sp³-hybridized carbons (Fsp3) is 0.625. The van der Waals surface area contributed by atoms with Gasteiger partial charge in [-0.05, 0) is 25.7 Å². The monoisotopic (exact) mass is 170 g/mol. The predicted octanol–water partition coefficient (Wildman–Crippen LogP) is 1.99. The van der Waals surface area contributed by atoms with E-state index in [0.29, 0.717) is 0 Å². The molecule has 0 radical (unpaired) electrons. The second-order valence-electron chi connectivity index (χ2n) is 3.23. The number of aliphatic imine (C=N–C) groups is 1. The van der Waals surface area contributed by atoms with E-state index in [-0.39, 0.29) is 5.54 Å². The summed E-state index contributed by atoms with van der Waals surface area (Å²) < 4.78 is 0. The quantitative estimate of drug-likeness (QED) is 0.601. The van der Waals surface area contributed by atoms with E-state index in [4.69, 9.17) is 0 Å². The van der Waals surface area contributed by atoms with Gasteiger partial charge in [-0.3, -0.25) is 4.99 Å². The van der Waals surface area contributed by atoms with Gasteiger partial charge in [0, 0.05) is 7.05 Å². The maximum Gasteiger partial charge on any atom is 0.161 e. The van der Waals surface area contributed by atoms with Crippen LogP contribution in [0.15, 0.2) is 16.0 Å². The lowest BCUT2D eigenvalue weighted by molar-refractivity contribution is 0.576. The van der Waals surface area contributed by atoms with Gasteiger partial charge in [0.05, 0.1) is 5.54 Å². The largest absolute Gasteiger partial charge is 0.356 e. The van der Waals surface area contributed by atoms with Crippen LogP contribution in [-0.4, -0.2) is 17.8 Å². The molecule has 0 bridgehead atoms. The normalized spacial score (nSPS) is 26.2. The van der Waals surface area contributed by atoms with Crippen LogP contribution in [0.3, 0.4) is 0 Å². The van der Waals surface area contributed by atoms with E-state index >= 15 is 0 Å². The van der Waals surface area contributed by atoms with Crippen LogP contribution in [0.4, 0.5) is 0 Å². The fourth-order valence-electron chi connectivity index (χ4n) is 1.13. The molecule has 0 amide bonds. The van der Waals surface area contributed by atoms with Crippen molar-refractivity contribution in [2.75, 3.05) is 7.05 Å². The summed E-state index contributed by atoms with van der Waals surface area (Å²) in [5.74, 6) is 0. The molecule has 3 heteroatoms. The van der Waals surface area contributed by atoms with Crippen molar-refractivity contribution in [2.24, 2.45) is 4.99 Å². The van der Waals surface area contributed by atoms with Crippen molar-refractivity contribution in [1.29, 1.82) is 0 Å². The number of hydrogen-bond acceptors (Lipinski definition) is 2. The van der Waals surface area contributed by atoms with Gasteiger partial charge in [0.25, 0.3) is 0 Å². The highest BCUT2D eigenvalue weighted by Gasteiger charge is 2.21. The molecule has 0 atom stereocenters.